The van der Waals surface area contributed by atoms with Gasteiger partial charge in [-0.1, -0.05) is 6.07 Å². The Bertz CT molecular complexity index is 457. The van der Waals surface area contributed by atoms with Crippen molar-refractivity contribution in [3.05, 3.63) is 29.3 Å². The normalized spacial score (nSPS) is 15.1. The van der Waals surface area contributed by atoms with Crippen molar-refractivity contribution in [1.29, 1.82) is 0 Å². The SMILES string of the molecule is Cc1ccc(C(=O)N(CCCCl)C2CCC2)c(O)c1. The molecule has 3 nitrogen and oxygen atoms in total. The molecule has 1 aromatic carbocycles. The minimum absolute atomic E-state index is 0.0696. The monoisotopic (exact) mass is 281 g/mol. The molecule has 0 bridgehead atoms. The van der Waals surface area contributed by atoms with E-state index in [0.29, 0.717) is 24.0 Å². The molecule has 1 fully saturated rings. The zero-order valence-electron chi connectivity index (χ0n) is 11.2. The van der Waals surface area contributed by atoms with Crippen LogP contribution in [0.1, 0.15) is 41.6 Å². The highest BCUT2D eigenvalue weighted by Crippen LogP contribution is 2.28. The lowest BCUT2D eigenvalue weighted by molar-refractivity contribution is 0.0578. The fourth-order valence-electron chi connectivity index (χ4n) is 2.36. The van der Waals surface area contributed by atoms with E-state index in [1.807, 2.05) is 17.9 Å². The summed E-state index contributed by atoms with van der Waals surface area (Å²) < 4.78 is 0. The number of hydrogen-bond acceptors (Lipinski definition) is 2. The van der Waals surface area contributed by atoms with E-state index < -0.39 is 0 Å². The zero-order valence-corrected chi connectivity index (χ0v) is 12.0. The first-order valence-electron chi connectivity index (χ1n) is 6.80. The molecule has 1 aliphatic carbocycles. The number of carbonyl (C=O) groups is 1. The van der Waals surface area contributed by atoms with Crippen molar-refractivity contribution in [1.82, 2.24) is 4.90 Å². The van der Waals surface area contributed by atoms with Gasteiger partial charge in [-0.25, -0.2) is 0 Å². The second kappa shape index (κ2) is 6.29. The number of nitrogens with zero attached hydrogens (tertiary/aromatic N) is 1. The van der Waals surface area contributed by atoms with E-state index in [0.717, 1.165) is 24.8 Å². The minimum Gasteiger partial charge on any atom is -0.507 e. The lowest BCUT2D eigenvalue weighted by atomic mass is 9.90. The molecule has 0 aliphatic heterocycles. The molecule has 1 saturated carbocycles. The predicted octanol–water partition coefficient (Wildman–Crippen LogP) is 3.32. The van der Waals surface area contributed by atoms with E-state index in [-0.39, 0.29) is 11.7 Å². The summed E-state index contributed by atoms with van der Waals surface area (Å²) in [7, 11) is 0. The first-order valence-corrected chi connectivity index (χ1v) is 7.33. The summed E-state index contributed by atoms with van der Waals surface area (Å²) in [5.41, 5.74) is 1.34. The van der Waals surface area contributed by atoms with Crippen LogP contribution in [0, 0.1) is 6.92 Å². The molecule has 1 aliphatic rings. The van der Waals surface area contributed by atoms with E-state index in [9.17, 15) is 9.90 Å². The van der Waals surface area contributed by atoms with Crippen LogP contribution in [0.15, 0.2) is 18.2 Å². The highest BCUT2D eigenvalue weighted by molar-refractivity contribution is 6.17. The summed E-state index contributed by atoms with van der Waals surface area (Å²) in [6, 6.07) is 5.51. The summed E-state index contributed by atoms with van der Waals surface area (Å²) in [5, 5.41) is 9.94. The second-order valence-corrected chi connectivity index (χ2v) is 5.52. The molecule has 0 unspecified atom stereocenters. The van der Waals surface area contributed by atoms with Crippen LogP contribution >= 0.6 is 11.6 Å². The Hall–Kier alpha value is -1.22. The number of benzene rings is 1. The number of hydrogen-bond donors (Lipinski definition) is 1. The summed E-state index contributed by atoms with van der Waals surface area (Å²) in [6.07, 6.45) is 4.08. The van der Waals surface area contributed by atoms with Crippen molar-refractivity contribution < 1.29 is 9.90 Å². The second-order valence-electron chi connectivity index (χ2n) is 5.15. The molecular weight excluding hydrogens is 262 g/mol. The summed E-state index contributed by atoms with van der Waals surface area (Å²) in [6.45, 7) is 2.56. The van der Waals surface area contributed by atoms with Gasteiger partial charge in [-0.05, 0) is 50.3 Å². The Kier molecular flexibility index (Phi) is 4.70. The Morgan fingerprint density at radius 1 is 1.47 bits per heavy atom. The average Bonchev–Trinajstić information content (AvgIpc) is 2.31. The van der Waals surface area contributed by atoms with Gasteiger partial charge in [0.1, 0.15) is 5.75 Å². The highest BCUT2D eigenvalue weighted by Gasteiger charge is 2.30. The third kappa shape index (κ3) is 3.21. The van der Waals surface area contributed by atoms with Gasteiger partial charge in [0.15, 0.2) is 0 Å². The third-order valence-electron chi connectivity index (χ3n) is 3.69. The van der Waals surface area contributed by atoms with Crippen molar-refractivity contribution in [2.24, 2.45) is 0 Å². The summed E-state index contributed by atoms with van der Waals surface area (Å²) in [4.78, 5) is 14.4. The fourth-order valence-corrected chi connectivity index (χ4v) is 2.48. The Labute approximate surface area is 119 Å². The van der Waals surface area contributed by atoms with E-state index in [1.54, 1.807) is 12.1 Å². The lowest BCUT2D eigenvalue weighted by Crippen LogP contribution is -2.44. The van der Waals surface area contributed by atoms with Gasteiger partial charge in [0, 0.05) is 18.5 Å². The van der Waals surface area contributed by atoms with E-state index in [4.69, 9.17) is 11.6 Å². The largest absolute Gasteiger partial charge is 0.507 e. The average molecular weight is 282 g/mol. The first kappa shape index (κ1) is 14.2. The number of amides is 1. The van der Waals surface area contributed by atoms with Crippen LogP contribution < -0.4 is 0 Å². The number of halogens is 1. The number of carbonyl (C=O) groups excluding carboxylic acids is 1. The standard InChI is InChI=1S/C15H20ClNO2/c1-11-6-7-13(14(18)10-11)15(19)17(9-3-8-16)12-4-2-5-12/h6-7,10,12,18H,2-5,8-9H2,1H3. The maximum Gasteiger partial charge on any atom is 0.257 e. The quantitative estimate of drug-likeness (QED) is 0.841. The van der Waals surface area contributed by atoms with Crippen LogP contribution in [-0.4, -0.2) is 34.4 Å². The van der Waals surface area contributed by atoms with Gasteiger partial charge in [0.25, 0.3) is 5.91 Å². The van der Waals surface area contributed by atoms with E-state index in [2.05, 4.69) is 0 Å². The van der Waals surface area contributed by atoms with Gasteiger partial charge in [0.05, 0.1) is 5.56 Å². The number of phenolic OH excluding ortho intramolecular Hbond substituents is 1. The molecule has 0 aromatic heterocycles. The minimum atomic E-state index is -0.0766. The van der Waals surface area contributed by atoms with Crippen LogP contribution in [0.4, 0.5) is 0 Å². The molecule has 4 heteroatoms. The smallest absolute Gasteiger partial charge is 0.257 e. The highest BCUT2D eigenvalue weighted by atomic mass is 35.5. The maximum absolute atomic E-state index is 12.5. The van der Waals surface area contributed by atoms with Crippen molar-refractivity contribution in [2.75, 3.05) is 12.4 Å². The maximum atomic E-state index is 12.5. The van der Waals surface area contributed by atoms with Gasteiger partial charge < -0.3 is 10.0 Å². The fraction of sp³-hybridized carbons (Fsp3) is 0.533. The van der Waals surface area contributed by atoms with Crippen LogP contribution in [0.5, 0.6) is 5.75 Å². The molecule has 0 heterocycles. The predicted molar refractivity (Wildman–Crippen MR) is 76.9 cm³/mol. The van der Waals surface area contributed by atoms with Gasteiger partial charge in [0.2, 0.25) is 0 Å². The number of aryl methyl sites for hydroxylation is 1. The van der Waals surface area contributed by atoms with E-state index in [1.165, 1.54) is 6.42 Å². The summed E-state index contributed by atoms with van der Waals surface area (Å²) in [5.74, 6) is 0.545. The topological polar surface area (TPSA) is 40.5 Å². The summed E-state index contributed by atoms with van der Waals surface area (Å²) >= 11 is 5.73. The van der Waals surface area contributed by atoms with Gasteiger partial charge in [-0.3, -0.25) is 4.79 Å². The van der Waals surface area contributed by atoms with Crippen LogP contribution in [0.3, 0.4) is 0 Å². The Balaban J connectivity index is 2.17. The molecule has 2 rings (SSSR count). The molecule has 104 valence electrons. The molecule has 1 N–H and O–H groups in total. The molecule has 0 atom stereocenters. The van der Waals surface area contributed by atoms with Crippen molar-refractivity contribution >= 4 is 17.5 Å². The zero-order chi connectivity index (χ0) is 13.8. The molecule has 0 saturated heterocycles. The first-order chi connectivity index (χ1) is 9.13. The van der Waals surface area contributed by atoms with Crippen molar-refractivity contribution in [2.45, 2.75) is 38.6 Å². The number of phenols is 1. The van der Waals surface area contributed by atoms with Crippen molar-refractivity contribution in [3.63, 3.8) is 0 Å². The number of aromatic hydroxyl groups is 1. The van der Waals surface area contributed by atoms with E-state index >= 15 is 0 Å². The lowest BCUT2D eigenvalue weighted by Gasteiger charge is -2.37. The van der Waals surface area contributed by atoms with Gasteiger partial charge in [-0.2, -0.15) is 0 Å². The van der Waals surface area contributed by atoms with Crippen LogP contribution in [0.2, 0.25) is 0 Å². The van der Waals surface area contributed by atoms with Crippen LogP contribution in [-0.2, 0) is 0 Å². The molecule has 0 radical (unpaired) electrons. The van der Waals surface area contributed by atoms with Gasteiger partial charge in [-0.15, -0.1) is 11.6 Å². The Morgan fingerprint density at radius 2 is 2.21 bits per heavy atom. The molecule has 19 heavy (non-hydrogen) atoms. The molecular formula is C15H20ClNO2. The third-order valence-corrected chi connectivity index (χ3v) is 3.96. The molecule has 1 aromatic rings. The van der Waals surface area contributed by atoms with Crippen LogP contribution in [0.25, 0.3) is 0 Å². The number of alkyl halides is 1. The van der Waals surface area contributed by atoms with Gasteiger partial charge >= 0.3 is 0 Å². The van der Waals surface area contributed by atoms with Crippen molar-refractivity contribution in [3.8, 4) is 5.75 Å². The molecule has 1 amide bonds. The molecule has 0 spiro atoms. The Morgan fingerprint density at radius 3 is 2.74 bits per heavy atom. The number of rotatable bonds is 5.